The Morgan fingerprint density at radius 1 is 0.970 bits per heavy atom. The third-order valence-electron chi connectivity index (χ3n) is 5.14. The van der Waals surface area contributed by atoms with Gasteiger partial charge in [-0.05, 0) is 53.9 Å². The SMILES string of the molecule is CCc1cc(F)c(-c2nn(C)cc2-c2ccncc2)c(F)c1S(=O)(=O)c1cc(F)ccc1F. The summed E-state index contributed by atoms with van der Waals surface area (Å²) in [7, 11) is -3.34. The van der Waals surface area contributed by atoms with Crippen LogP contribution in [0.4, 0.5) is 17.6 Å². The highest BCUT2D eigenvalue weighted by Crippen LogP contribution is 2.39. The highest BCUT2D eigenvalue weighted by Gasteiger charge is 2.33. The lowest BCUT2D eigenvalue weighted by atomic mass is 10.00. The van der Waals surface area contributed by atoms with Crippen molar-refractivity contribution in [3.63, 3.8) is 0 Å². The predicted octanol–water partition coefficient (Wildman–Crippen LogP) is 5.10. The molecule has 0 saturated heterocycles. The molecular weight excluding hydrogens is 458 g/mol. The van der Waals surface area contributed by atoms with Crippen molar-refractivity contribution in [2.24, 2.45) is 7.05 Å². The summed E-state index contributed by atoms with van der Waals surface area (Å²) in [5, 5.41) is 4.15. The molecule has 0 aliphatic heterocycles. The standard InChI is InChI=1S/C23H17F4N3O2S/c1-3-13-10-18(26)20(22-16(12-30(2)29-22)14-6-8-28-9-7-14)21(27)23(13)33(31,32)19-11-15(24)4-5-17(19)25/h4-12H,3H2,1-2H3. The van der Waals surface area contributed by atoms with Gasteiger partial charge in [0.25, 0.3) is 0 Å². The van der Waals surface area contributed by atoms with Gasteiger partial charge in [0, 0.05) is 31.2 Å². The summed E-state index contributed by atoms with van der Waals surface area (Å²) >= 11 is 0. The molecule has 0 unspecified atom stereocenters. The van der Waals surface area contributed by atoms with Gasteiger partial charge in [-0.2, -0.15) is 5.10 Å². The van der Waals surface area contributed by atoms with Crippen LogP contribution in [0.15, 0.2) is 64.8 Å². The van der Waals surface area contributed by atoms with E-state index in [0.29, 0.717) is 23.3 Å². The lowest BCUT2D eigenvalue weighted by Gasteiger charge is -2.15. The third-order valence-corrected chi connectivity index (χ3v) is 7.01. The minimum Gasteiger partial charge on any atom is -0.275 e. The summed E-state index contributed by atoms with van der Waals surface area (Å²) in [6, 6.07) is 5.95. The number of nitrogens with zero attached hydrogens (tertiary/aromatic N) is 3. The first-order valence-electron chi connectivity index (χ1n) is 9.80. The molecule has 2 aromatic carbocycles. The molecule has 170 valence electrons. The van der Waals surface area contributed by atoms with Gasteiger partial charge in [-0.15, -0.1) is 0 Å². The molecule has 5 nitrogen and oxygen atoms in total. The van der Waals surface area contributed by atoms with Crippen molar-refractivity contribution >= 4 is 9.84 Å². The summed E-state index contributed by atoms with van der Waals surface area (Å²) in [5.74, 6) is -4.72. The first-order valence-corrected chi connectivity index (χ1v) is 11.3. The monoisotopic (exact) mass is 475 g/mol. The predicted molar refractivity (Wildman–Crippen MR) is 113 cm³/mol. The molecule has 0 radical (unpaired) electrons. The third kappa shape index (κ3) is 3.91. The van der Waals surface area contributed by atoms with Gasteiger partial charge in [-0.25, -0.2) is 26.0 Å². The Kier molecular flexibility index (Phi) is 5.79. The van der Waals surface area contributed by atoms with E-state index in [2.05, 4.69) is 10.1 Å². The van der Waals surface area contributed by atoms with Crippen molar-refractivity contribution < 1.29 is 26.0 Å². The number of rotatable bonds is 5. The van der Waals surface area contributed by atoms with Crippen molar-refractivity contribution in [3.05, 3.63) is 83.8 Å². The van der Waals surface area contributed by atoms with Crippen LogP contribution >= 0.6 is 0 Å². The molecule has 2 aromatic heterocycles. The molecule has 0 saturated carbocycles. The van der Waals surface area contributed by atoms with Gasteiger partial charge >= 0.3 is 0 Å². The number of halogens is 4. The highest BCUT2D eigenvalue weighted by atomic mass is 32.2. The van der Waals surface area contributed by atoms with Gasteiger partial charge in [0.2, 0.25) is 9.84 Å². The Morgan fingerprint density at radius 3 is 2.33 bits per heavy atom. The van der Waals surface area contributed by atoms with E-state index in [4.69, 9.17) is 0 Å². The minimum absolute atomic E-state index is 0.0704. The van der Waals surface area contributed by atoms with Crippen LogP contribution in [0.5, 0.6) is 0 Å². The molecule has 0 bridgehead atoms. The lowest BCUT2D eigenvalue weighted by molar-refractivity contribution is 0.535. The number of aryl methyl sites for hydroxylation is 2. The largest absolute Gasteiger partial charge is 0.275 e. The van der Waals surface area contributed by atoms with Crippen LogP contribution in [0.3, 0.4) is 0 Å². The summed E-state index contributed by atoms with van der Waals surface area (Å²) in [5.41, 5.74) is -0.152. The molecule has 0 atom stereocenters. The van der Waals surface area contributed by atoms with Gasteiger partial charge in [0.15, 0.2) is 5.82 Å². The number of pyridine rings is 1. The number of benzene rings is 2. The van der Waals surface area contributed by atoms with Crippen molar-refractivity contribution in [1.29, 1.82) is 0 Å². The molecule has 33 heavy (non-hydrogen) atoms. The number of sulfone groups is 1. The smallest absolute Gasteiger partial charge is 0.212 e. The van der Waals surface area contributed by atoms with Crippen molar-refractivity contribution in [1.82, 2.24) is 14.8 Å². The maximum Gasteiger partial charge on any atom is 0.212 e. The van der Waals surface area contributed by atoms with Crippen LogP contribution in [0.1, 0.15) is 12.5 Å². The van der Waals surface area contributed by atoms with E-state index < -0.39 is 48.5 Å². The van der Waals surface area contributed by atoms with E-state index in [1.807, 2.05) is 0 Å². The fraction of sp³-hybridized carbons (Fsp3) is 0.130. The Morgan fingerprint density at radius 2 is 1.67 bits per heavy atom. The van der Waals surface area contributed by atoms with Gasteiger partial charge in [0.1, 0.15) is 32.9 Å². The van der Waals surface area contributed by atoms with Crippen molar-refractivity contribution in [2.75, 3.05) is 0 Å². The second-order valence-electron chi connectivity index (χ2n) is 7.27. The number of hydrogen-bond acceptors (Lipinski definition) is 4. The zero-order valence-corrected chi connectivity index (χ0v) is 18.3. The molecule has 0 aliphatic carbocycles. The second-order valence-corrected chi connectivity index (χ2v) is 9.12. The number of aromatic nitrogens is 3. The van der Waals surface area contributed by atoms with Crippen molar-refractivity contribution in [3.8, 4) is 22.4 Å². The Bertz CT molecular complexity index is 1470. The molecule has 4 rings (SSSR count). The van der Waals surface area contributed by atoms with Gasteiger partial charge < -0.3 is 0 Å². The normalized spacial score (nSPS) is 11.7. The van der Waals surface area contributed by atoms with Crippen LogP contribution in [0.2, 0.25) is 0 Å². The van der Waals surface area contributed by atoms with Crippen LogP contribution < -0.4 is 0 Å². The van der Waals surface area contributed by atoms with Gasteiger partial charge in [-0.3, -0.25) is 9.67 Å². The quantitative estimate of drug-likeness (QED) is 0.298. The number of hydrogen-bond donors (Lipinski definition) is 0. The second kappa shape index (κ2) is 8.43. The fourth-order valence-electron chi connectivity index (χ4n) is 3.63. The molecule has 4 aromatic rings. The first-order chi connectivity index (χ1) is 15.6. The van der Waals surface area contributed by atoms with Crippen LogP contribution in [-0.2, 0) is 23.3 Å². The maximum atomic E-state index is 15.9. The van der Waals surface area contributed by atoms with Gasteiger partial charge in [0.05, 0.1) is 5.56 Å². The zero-order valence-electron chi connectivity index (χ0n) is 17.5. The van der Waals surface area contributed by atoms with Crippen molar-refractivity contribution in [2.45, 2.75) is 23.1 Å². The first kappa shape index (κ1) is 22.7. The van der Waals surface area contributed by atoms with E-state index in [1.54, 1.807) is 19.2 Å². The fourth-order valence-corrected chi connectivity index (χ4v) is 5.33. The molecule has 10 heteroatoms. The minimum atomic E-state index is -4.88. The molecular formula is C23H17F4N3O2S. The highest BCUT2D eigenvalue weighted by molar-refractivity contribution is 7.91. The van der Waals surface area contributed by atoms with E-state index in [9.17, 15) is 17.2 Å². The topological polar surface area (TPSA) is 64.8 Å². The molecule has 0 fully saturated rings. The molecule has 0 aliphatic rings. The zero-order chi connectivity index (χ0) is 23.9. The van der Waals surface area contributed by atoms with Crippen LogP contribution in [0, 0.1) is 23.3 Å². The Labute approximate surface area is 187 Å². The Hall–Kier alpha value is -3.53. The maximum absolute atomic E-state index is 15.9. The molecule has 0 spiro atoms. The summed E-state index contributed by atoms with van der Waals surface area (Å²) in [4.78, 5) is 1.96. The lowest BCUT2D eigenvalue weighted by Crippen LogP contribution is -2.13. The van der Waals surface area contributed by atoms with E-state index in [-0.39, 0.29) is 17.7 Å². The average Bonchev–Trinajstić information content (AvgIpc) is 3.16. The molecule has 0 amide bonds. The average molecular weight is 475 g/mol. The van der Waals surface area contributed by atoms with E-state index in [1.165, 1.54) is 30.2 Å². The molecule has 2 heterocycles. The summed E-state index contributed by atoms with van der Waals surface area (Å²) in [6.45, 7) is 1.50. The summed E-state index contributed by atoms with van der Waals surface area (Å²) in [6.07, 6.45) is 4.43. The molecule has 0 N–H and O–H groups in total. The van der Waals surface area contributed by atoms with Gasteiger partial charge in [-0.1, -0.05) is 6.92 Å². The Balaban J connectivity index is 2.04. The van der Waals surface area contributed by atoms with E-state index >= 15 is 8.78 Å². The van der Waals surface area contributed by atoms with Crippen LogP contribution in [-0.4, -0.2) is 23.2 Å². The summed E-state index contributed by atoms with van der Waals surface area (Å²) < 4.78 is 87.0. The van der Waals surface area contributed by atoms with Crippen LogP contribution in [0.25, 0.3) is 22.4 Å². The van der Waals surface area contributed by atoms with E-state index in [0.717, 1.165) is 12.1 Å².